The van der Waals surface area contributed by atoms with Crippen LogP contribution in [0, 0.1) is 0 Å². The fourth-order valence-corrected chi connectivity index (χ4v) is 5.35. The number of para-hydroxylation sites is 1. The third kappa shape index (κ3) is 4.41. The molecule has 0 aliphatic heterocycles. The molecular weight excluding hydrogens is 424 g/mol. The van der Waals surface area contributed by atoms with E-state index in [2.05, 4.69) is 23.1 Å². The number of amides is 1. The van der Waals surface area contributed by atoms with Crippen LogP contribution in [-0.2, 0) is 24.3 Å². The molecule has 1 aromatic carbocycles. The second kappa shape index (κ2) is 9.91. The van der Waals surface area contributed by atoms with Crippen LogP contribution < -0.4 is 11.5 Å². The highest BCUT2D eigenvalue weighted by atomic mass is 16.1. The highest BCUT2D eigenvalue weighted by Gasteiger charge is 2.27. The number of aromatic nitrogens is 3. The summed E-state index contributed by atoms with van der Waals surface area (Å²) in [7, 11) is 0. The molecule has 1 amide bonds. The van der Waals surface area contributed by atoms with E-state index < -0.39 is 0 Å². The summed E-state index contributed by atoms with van der Waals surface area (Å²) < 4.78 is 1.96. The molecule has 0 saturated carbocycles. The first-order chi connectivity index (χ1) is 16.7. The molecule has 0 bridgehead atoms. The van der Waals surface area contributed by atoms with Crippen LogP contribution in [0.2, 0.25) is 0 Å². The monoisotopic (exact) mass is 456 g/mol. The van der Waals surface area contributed by atoms with E-state index in [0.29, 0.717) is 6.54 Å². The number of primary amides is 1. The number of fused-ring (bicyclic) bond motifs is 4. The van der Waals surface area contributed by atoms with Gasteiger partial charge in [0.05, 0.1) is 29.1 Å². The summed E-state index contributed by atoms with van der Waals surface area (Å²) in [4.78, 5) is 23.9. The molecule has 4 N–H and O–H groups in total. The molecule has 0 spiro atoms. The molecule has 7 nitrogen and oxygen atoms in total. The average molecular weight is 457 g/mol. The smallest absolute Gasteiger partial charge is 0.237 e. The van der Waals surface area contributed by atoms with Gasteiger partial charge in [-0.2, -0.15) is 0 Å². The molecule has 0 radical (unpaired) electrons. The normalized spacial score (nSPS) is 15.8. The van der Waals surface area contributed by atoms with Crippen molar-refractivity contribution in [3.8, 4) is 0 Å². The number of aryl methyl sites for hydroxylation is 1. The summed E-state index contributed by atoms with van der Waals surface area (Å²) in [6.07, 6.45) is 9.23. The molecule has 1 atom stereocenters. The SMILES string of the molecule is NCCCCN(Cc1cc2c3ccccc3n(CC(N)=O)c2cn1)[C@@H]1CCCc2cccnc21. The third-order valence-electron chi connectivity index (χ3n) is 6.90. The molecule has 1 aliphatic rings. The molecule has 7 heteroatoms. The zero-order chi connectivity index (χ0) is 23.5. The lowest BCUT2D eigenvalue weighted by Gasteiger charge is -2.35. The van der Waals surface area contributed by atoms with Gasteiger partial charge in [0.2, 0.25) is 5.91 Å². The van der Waals surface area contributed by atoms with Gasteiger partial charge in [0.1, 0.15) is 6.54 Å². The molecular formula is C27H32N6O. The number of hydrogen-bond acceptors (Lipinski definition) is 5. The summed E-state index contributed by atoms with van der Waals surface area (Å²) in [5.74, 6) is -0.360. The first kappa shape index (κ1) is 22.5. The average Bonchev–Trinajstić information content (AvgIpc) is 3.16. The van der Waals surface area contributed by atoms with Gasteiger partial charge in [-0.1, -0.05) is 24.3 Å². The van der Waals surface area contributed by atoms with Crippen LogP contribution in [0.5, 0.6) is 0 Å². The van der Waals surface area contributed by atoms with Crippen molar-refractivity contribution in [2.45, 2.75) is 51.2 Å². The minimum absolute atomic E-state index is 0.140. The molecule has 3 heterocycles. The van der Waals surface area contributed by atoms with E-state index in [0.717, 1.165) is 66.3 Å². The minimum atomic E-state index is -0.360. The first-order valence-electron chi connectivity index (χ1n) is 12.2. The maximum Gasteiger partial charge on any atom is 0.237 e. The molecule has 34 heavy (non-hydrogen) atoms. The number of nitrogens with zero attached hydrogens (tertiary/aromatic N) is 4. The van der Waals surface area contributed by atoms with E-state index in [1.165, 1.54) is 17.7 Å². The fourth-order valence-electron chi connectivity index (χ4n) is 5.35. The summed E-state index contributed by atoms with van der Waals surface area (Å²) in [5.41, 5.74) is 16.9. The second-order valence-corrected chi connectivity index (χ2v) is 9.18. The number of nitrogens with two attached hydrogens (primary N) is 2. The van der Waals surface area contributed by atoms with E-state index in [4.69, 9.17) is 21.4 Å². The zero-order valence-electron chi connectivity index (χ0n) is 19.5. The van der Waals surface area contributed by atoms with Crippen LogP contribution in [0.25, 0.3) is 21.8 Å². The van der Waals surface area contributed by atoms with Crippen molar-refractivity contribution in [1.29, 1.82) is 0 Å². The second-order valence-electron chi connectivity index (χ2n) is 9.18. The van der Waals surface area contributed by atoms with E-state index >= 15 is 0 Å². The Morgan fingerprint density at radius 2 is 1.97 bits per heavy atom. The summed E-state index contributed by atoms with van der Waals surface area (Å²) in [6.45, 7) is 2.55. The maximum absolute atomic E-state index is 11.7. The molecule has 3 aromatic heterocycles. The fraction of sp³-hybridized carbons (Fsp3) is 0.370. The highest BCUT2D eigenvalue weighted by Crippen LogP contribution is 2.35. The largest absolute Gasteiger partial charge is 0.368 e. The van der Waals surface area contributed by atoms with Gasteiger partial charge in [0, 0.05) is 29.0 Å². The Bertz CT molecular complexity index is 1310. The maximum atomic E-state index is 11.7. The summed E-state index contributed by atoms with van der Waals surface area (Å²) in [5, 5.41) is 2.22. The molecule has 0 fully saturated rings. The molecule has 176 valence electrons. The van der Waals surface area contributed by atoms with Gasteiger partial charge in [-0.3, -0.25) is 19.7 Å². The Kier molecular flexibility index (Phi) is 6.56. The predicted octanol–water partition coefficient (Wildman–Crippen LogP) is 3.69. The van der Waals surface area contributed by atoms with Gasteiger partial charge in [-0.25, -0.2) is 0 Å². The van der Waals surface area contributed by atoms with Crippen molar-refractivity contribution in [2.75, 3.05) is 13.1 Å². The number of pyridine rings is 2. The van der Waals surface area contributed by atoms with Gasteiger partial charge < -0.3 is 16.0 Å². The van der Waals surface area contributed by atoms with Crippen molar-refractivity contribution in [3.63, 3.8) is 0 Å². The Hall–Kier alpha value is -3.29. The lowest BCUT2D eigenvalue weighted by molar-refractivity contribution is -0.118. The van der Waals surface area contributed by atoms with E-state index in [1.807, 2.05) is 41.2 Å². The van der Waals surface area contributed by atoms with Crippen molar-refractivity contribution < 1.29 is 4.79 Å². The molecule has 0 saturated heterocycles. The predicted molar refractivity (Wildman–Crippen MR) is 135 cm³/mol. The van der Waals surface area contributed by atoms with Gasteiger partial charge in [0.25, 0.3) is 0 Å². The Balaban J connectivity index is 1.51. The Morgan fingerprint density at radius 3 is 2.82 bits per heavy atom. The third-order valence-corrected chi connectivity index (χ3v) is 6.90. The van der Waals surface area contributed by atoms with Crippen LogP contribution >= 0.6 is 0 Å². The molecule has 4 aromatic rings. The molecule has 1 aliphatic carbocycles. The van der Waals surface area contributed by atoms with Crippen LogP contribution in [0.15, 0.2) is 54.9 Å². The lowest BCUT2D eigenvalue weighted by atomic mass is 9.90. The summed E-state index contributed by atoms with van der Waals surface area (Å²) >= 11 is 0. The van der Waals surface area contributed by atoms with Gasteiger partial charge in [-0.15, -0.1) is 0 Å². The van der Waals surface area contributed by atoms with Crippen LogP contribution in [0.1, 0.15) is 48.7 Å². The molecule has 5 rings (SSSR count). The van der Waals surface area contributed by atoms with Crippen molar-refractivity contribution in [1.82, 2.24) is 19.4 Å². The topological polar surface area (TPSA) is 103 Å². The van der Waals surface area contributed by atoms with Crippen molar-refractivity contribution in [3.05, 3.63) is 71.8 Å². The van der Waals surface area contributed by atoms with E-state index in [1.54, 1.807) is 0 Å². The molecule has 0 unspecified atom stereocenters. The minimum Gasteiger partial charge on any atom is -0.368 e. The van der Waals surface area contributed by atoms with E-state index in [-0.39, 0.29) is 18.5 Å². The standard InChI is InChI=1S/C27H32N6O/c28-12-3-4-14-32(24-11-5-7-19-8-6-13-30-27(19)24)17-20-15-22-21-9-1-2-10-23(21)33(18-26(29)34)25(22)16-31-20/h1-2,6,8-10,13,15-16,24H,3-5,7,11-12,14,17-18,28H2,(H2,29,34)/t24-/m1/s1. The number of rotatable bonds is 9. The van der Waals surface area contributed by atoms with Crippen LogP contribution in [0.4, 0.5) is 0 Å². The zero-order valence-corrected chi connectivity index (χ0v) is 19.5. The number of benzene rings is 1. The number of carbonyl (C=O) groups is 1. The Morgan fingerprint density at radius 1 is 1.09 bits per heavy atom. The van der Waals surface area contributed by atoms with Gasteiger partial charge in [0.15, 0.2) is 0 Å². The number of carbonyl (C=O) groups excluding carboxylic acids is 1. The summed E-state index contributed by atoms with van der Waals surface area (Å²) in [6, 6.07) is 14.9. The number of hydrogen-bond donors (Lipinski definition) is 2. The Labute approximate surface area is 199 Å². The lowest BCUT2D eigenvalue weighted by Crippen LogP contribution is -2.33. The van der Waals surface area contributed by atoms with Crippen LogP contribution in [0.3, 0.4) is 0 Å². The van der Waals surface area contributed by atoms with Gasteiger partial charge in [-0.05, 0) is 69.0 Å². The van der Waals surface area contributed by atoms with E-state index in [9.17, 15) is 4.79 Å². The quantitative estimate of drug-likeness (QED) is 0.374. The first-order valence-corrected chi connectivity index (χ1v) is 12.2. The van der Waals surface area contributed by atoms with Crippen LogP contribution in [-0.4, -0.2) is 38.4 Å². The number of unbranched alkanes of at least 4 members (excludes halogenated alkanes) is 1. The van der Waals surface area contributed by atoms with Gasteiger partial charge >= 0.3 is 0 Å². The van der Waals surface area contributed by atoms with Crippen molar-refractivity contribution in [2.24, 2.45) is 11.5 Å². The highest BCUT2D eigenvalue weighted by molar-refractivity contribution is 6.08. The van der Waals surface area contributed by atoms with Crippen molar-refractivity contribution >= 4 is 27.7 Å².